The molecule has 2 heterocycles. The lowest BCUT2D eigenvalue weighted by atomic mass is 10.1. The molecule has 0 aliphatic rings. The molecule has 0 radical (unpaired) electrons. The summed E-state index contributed by atoms with van der Waals surface area (Å²) >= 11 is 0. The molecule has 0 atom stereocenters. The Hall–Kier alpha value is -6.94. The third kappa shape index (κ3) is 5.20. The van der Waals surface area contributed by atoms with E-state index >= 15 is 0 Å². The summed E-state index contributed by atoms with van der Waals surface area (Å²) in [6.07, 6.45) is 0. The number of benzene rings is 7. The second-order valence-corrected chi connectivity index (χ2v) is 16.6. The van der Waals surface area contributed by atoms with Crippen LogP contribution in [0.25, 0.3) is 50.5 Å². The molecule has 0 aliphatic carbocycles. The predicted molar refractivity (Wildman–Crippen MR) is 213 cm³/mol. The molecule has 9 aromatic rings. The summed E-state index contributed by atoms with van der Waals surface area (Å²) in [5, 5.41) is 17.1. The van der Waals surface area contributed by atoms with Gasteiger partial charge in [0.2, 0.25) is 5.95 Å². The predicted octanol–water partition coefficient (Wildman–Crippen LogP) is 7.55. The second-order valence-electron chi connectivity index (χ2n) is 12.8. The van der Waals surface area contributed by atoms with Gasteiger partial charge in [0.25, 0.3) is 0 Å². The zero-order valence-corrected chi connectivity index (χ0v) is 29.1. The molecule has 6 heteroatoms. The number of hydrogen-bond acceptors (Lipinski definition) is 4. The van der Waals surface area contributed by atoms with Gasteiger partial charge in [0.05, 0.1) is 22.7 Å². The first-order valence-electron chi connectivity index (χ1n) is 17.3. The molecule has 9 rings (SSSR count). The number of aromatic nitrogens is 4. The minimum Gasteiger partial charge on any atom is -0.278 e. The SMILES string of the molecule is N#Cc1cccc(-c2nc(-c3cccc([Si](c4ccccc4)(c4ccccc4)c4ccccc4)c3)nc(-n3c4ccccc4c4ccccc43)n2)c1. The summed E-state index contributed by atoms with van der Waals surface area (Å²) in [4.78, 5) is 15.5. The zero-order valence-electron chi connectivity index (χ0n) is 28.1. The van der Waals surface area contributed by atoms with Gasteiger partial charge < -0.3 is 0 Å². The Morgan fingerprint density at radius 1 is 0.423 bits per heavy atom. The molecule has 0 bridgehead atoms. The van der Waals surface area contributed by atoms with Gasteiger partial charge in [-0.3, -0.25) is 4.57 Å². The van der Waals surface area contributed by atoms with Crippen LogP contribution in [0.5, 0.6) is 0 Å². The minimum atomic E-state index is -2.81. The maximum Gasteiger partial charge on any atom is 0.238 e. The van der Waals surface area contributed by atoms with E-state index in [2.05, 4.69) is 162 Å². The van der Waals surface area contributed by atoms with E-state index in [9.17, 15) is 5.26 Å². The van der Waals surface area contributed by atoms with Crippen LogP contribution < -0.4 is 20.7 Å². The average Bonchev–Trinajstić information content (AvgIpc) is 3.57. The summed E-state index contributed by atoms with van der Waals surface area (Å²) in [6.45, 7) is 0. The van der Waals surface area contributed by atoms with Gasteiger partial charge in [0.1, 0.15) is 0 Å². The number of para-hydroxylation sites is 2. The highest BCUT2D eigenvalue weighted by Gasteiger charge is 2.41. The number of rotatable bonds is 7. The van der Waals surface area contributed by atoms with Crippen molar-refractivity contribution in [1.82, 2.24) is 19.5 Å². The van der Waals surface area contributed by atoms with Crippen LogP contribution in [0.3, 0.4) is 0 Å². The van der Waals surface area contributed by atoms with Crippen molar-refractivity contribution in [3.63, 3.8) is 0 Å². The summed E-state index contributed by atoms with van der Waals surface area (Å²) < 4.78 is 2.12. The number of fused-ring (bicyclic) bond motifs is 3. The maximum absolute atomic E-state index is 9.77. The maximum atomic E-state index is 9.77. The molecule has 0 saturated carbocycles. The molecule has 0 unspecified atom stereocenters. The van der Waals surface area contributed by atoms with Crippen LogP contribution in [0.1, 0.15) is 5.56 Å². The van der Waals surface area contributed by atoms with Crippen molar-refractivity contribution in [1.29, 1.82) is 5.26 Å². The Morgan fingerprint density at radius 2 is 0.865 bits per heavy atom. The monoisotopic (exact) mass is 681 g/mol. The van der Waals surface area contributed by atoms with Gasteiger partial charge in [-0.15, -0.1) is 0 Å². The fourth-order valence-electron chi connectivity index (χ4n) is 7.54. The zero-order chi connectivity index (χ0) is 34.9. The number of nitrogens with zero attached hydrogens (tertiary/aromatic N) is 5. The summed E-state index contributed by atoms with van der Waals surface area (Å²) in [6, 6.07) is 67.8. The highest BCUT2D eigenvalue weighted by molar-refractivity contribution is 7.19. The third-order valence-corrected chi connectivity index (χ3v) is 14.6. The van der Waals surface area contributed by atoms with E-state index in [1.54, 1.807) is 6.07 Å². The van der Waals surface area contributed by atoms with Crippen molar-refractivity contribution in [3.05, 3.63) is 194 Å². The van der Waals surface area contributed by atoms with Gasteiger partial charge in [0, 0.05) is 21.9 Å². The molecular formula is C46H31N5Si. The number of hydrogen-bond donors (Lipinski definition) is 0. The molecule has 0 aliphatic heterocycles. The summed E-state index contributed by atoms with van der Waals surface area (Å²) in [5.74, 6) is 1.58. The molecule has 2 aromatic heterocycles. The van der Waals surface area contributed by atoms with Crippen LogP contribution in [0.15, 0.2) is 188 Å². The van der Waals surface area contributed by atoms with Crippen LogP contribution >= 0.6 is 0 Å². The Bertz CT molecular complexity index is 2600. The van der Waals surface area contributed by atoms with Gasteiger partial charge in [-0.2, -0.15) is 15.2 Å². The summed E-state index contributed by atoms with van der Waals surface area (Å²) in [5.41, 5.74) is 4.20. The van der Waals surface area contributed by atoms with E-state index in [1.807, 2.05) is 30.3 Å². The van der Waals surface area contributed by atoms with Crippen molar-refractivity contribution < 1.29 is 0 Å². The quantitative estimate of drug-likeness (QED) is 0.129. The Morgan fingerprint density at radius 3 is 1.38 bits per heavy atom. The minimum absolute atomic E-state index is 0.502. The van der Waals surface area contributed by atoms with E-state index in [-0.39, 0.29) is 0 Å². The lowest BCUT2D eigenvalue weighted by Gasteiger charge is -2.34. The molecular weight excluding hydrogens is 651 g/mol. The normalized spacial score (nSPS) is 11.4. The van der Waals surface area contributed by atoms with Crippen molar-refractivity contribution in [2.75, 3.05) is 0 Å². The number of nitriles is 1. The van der Waals surface area contributed by atoms with Crippen molar-refractivity contribution in [3.8, 4) is 34.8 Å². The van der Waals surface area contributed by atoms with Crippen molar-refractivity contribution >= 4 is 50.6 Å². The first kappa shape index (κ1) is 31.1. The van der Waals surface area contributed by atoms with Crippen LogP contribution in [0.4, 0.5) is 0 Å². The van der Waals surface area contributed by atoms with Crippen LogP contribution in [0.2, 0.25) is 0 Å². The molecule has 0 saturated heterocycles. The van der Waals surface area contributed by atoms with Gasteiger partial charge in [0.15, 0.2) is 19.7 Å². The fraction of sp³-hybridized carbons (Fsp3) is 0. The van der Waals surface area contributed by atoms with Gasteiger partial charge in [-0.05, 0) is 45.0 Å². The molecule has 5 nitrogen and oxygen atoms in total. The lowest BCUT2D eigenvalue weighted by Crippen LogP contribution is -2.74. The fourth-order valence-corrected chi connectivity index (χ4v) is 12.3. The van der Waals surface area contributed by atoms with E-state index in [4.69, 9.17) is 15.0 Å². The lowest BCUT2D eigenvalue weighted by molar-refractivity contribution is 0.953. The standard InChI is InChI=1S/C46H31N5Si/c47-32-33-16-14-17-34(30-33)44-48-45(50-46(49-44)51-42-28-12-10-26-40(42)41-27-11-13-29-43(41)51)35-18-15-25-39(31-35)52(36-19-4-1-5-20-36,37-21-6-2-7-22-37)38-23-8-3-9-24-38/h1-31H. The van der Waals surface area contributed by atoms with Crippen molar-refractivity contribution in [2.45, 2.75) is 0 Å². The molecule has 0 amide bonds. The van der Waals surface area contributed by atoms with Gasteiger partial charge in [-0.1, -0.05) is 164 Å². The van der Waals surface area contributed by atoms with E-state index in [1.165, 1.54) is 20.7 Å². The highest BCUT2D eigenvalue weighted by Crippen LogP contribution is 2.32. The summed E-state index contributed by atoms with van der Waals surface area (Å²) in [7, 11) is -2.81. The van der Waals surface area contributed by atoms with E-state index in [0.29, 0.717) is 23.2 Å². The average molecular weight is 682 g/mol. The topological polar surface area (TPSA) is 67.4 Å². The van der Waals surface area contributed by atoms with E-state index in [0.717, 1.165) is 32.9 Å². The van der Waals surface area contributed by atoms with Gasteiger partial charge >= 0.3 is 0 Å². The molecule has 244 valence electrons. The first-order valence-corrected chi connectivity index (χ1v) is 19.3. The van der Waals surface area contributed by atoms with Crippen LogP contribution in [0, 0.1) is 11.3 Å². The third-order valence-electron chi connectivity index (χ3n) is 9.83. The van der Waals surface area contributed by atoms with E-state index < -0.39 is 8.07 Å². The first-order chi connectivity index (χ1) is 25.7. The Balaban J connectivity index is 1.33. The van der Waals surface area contributed by atoms with Crippen LogP contribution in [-0.4, -0.2) is 27.6 Å². The Labute approximate surface area is 302 Å². The molecule has 0 spiro atoms. The molecule has 52 heavy (non-hydrogen) atoms. The largest absolute Gasteiger partial charge is 0.278 e. The van der Waals surface area contributed by atoms with Gasteiger partial charge in [-0.25, -0.2) is 4.98 Å². The smallest absolute Gasteiger partial charge is 0.238 e. The molecule has 7 aromatic carbocycles. The Kier molecular flexibility index (Phi) is 7.81. The molecule has 0 fully saturated rings. The highest BCUT2D eigenvalue weighted by atomic mass is 28.3. The van der Waals surface area contributed by atoms with Crippen LogP contribution in [-0.2, 0) is 0 Å². The second kappa shape index (κ2) is 13.1. The van der Waals surface area contributed by atoms with Crippen molar-refractivity contribution in [2.24, 2.45) is 0 Å². The molecule has 0 N–H and O–H groups in total.